The molecule has 0 bridgehead atoms. The van der Waals surface area contributed by atoms with Crippen molar-refractivity contribution in [3.63, 3.8) is 0 Å². The number of pyridine rings is 1. The first-order valence-corrected chi connectivity index (χ1v) is 8.14. The molecule has 2 N–H and O–H groups in total. The lowest BCUT2D eigenvalue weighted by atomic mass is 9.87. The lowest BCUT2D eigenvalue weighted by molar-refractivity contribution is 0.398. The Labute approximate surface area is 141 Å². The van der Waals surface area contributed by atoms with E-state index in [0.29, 0.717) is 21.9 Å². The van der Waals surface area contributed by atoms with Gasteiger partial charge in [0.05, 0.1) is 10.9 Å². The Balaban J connectivity index is 2.08. The SMILES string of the molecule is N#CC1=C(N)Oc2c(cc(Cl)c3cccnc23)C1c1cccs1. The van der Waals surface area contributed by atoms with E-state index in [1.54, 1.807) is 17.5 Å². The van der Waals surface area contributed by atoms with Gasteiger partial charge in [0, 0.05) is 22.0 Å². The minimum absolute atomic E-state index is 0.118. The van der Waals surface area contributed by atoms with E-state index in [-0.39, 0.29) is 11.8 Å². The molecule has 0 saturated heterocycles. The van der Waals surface area contributed by atoms with Gasteiger partial charge in [0.1, 0.15) is 17.2 Å². The Morgan fingerprint density at radius 3 is 2.96 bits per heavy atom. The fourth-order valence-electron chi connectivity index (χ4n) is 2.85. The van der Waals surface area contributed by atoms with Crippen LogP contribution in [0, 0.1) is 11.3 Å². The van der Waals surface area contributed by atoms with Crippen LogP contribution in [0.4, 0.5) is 0 Å². The number of aromatic nitrogens is 1. The molecule has 0 fully saturated rings. The van der Waals surface area contributed by atoms with E-state index in [1.807, 2.05) is 35.7 Å². The second-order valence-electron chi connectivity index (χ2n) is 5.12. The summed E-state index contributed by atoms with van der Waals surface area (Å²) < 4.78 is 5.75. The number of hydrogen-bond acceptors (Lipinski definition) is 5. The van der Waals surface area contributed by atoms with E-state index >= 15 is 0 Å². The molecule has 3 aromatic rings. The Bertz CT molecular complexity index is 989. The van der Waals surface area contributed by atoms with Gasteiger partial charge in [0.25, 0.3) is 0 Å². The number of nitrogens with zero attached hydrogens (tertiary/aromatic N) is 2. The Kier molecular flexibility index (Phi) is 3.22. The van der Waals surface area contributed by atoms with Crippen molar-refractivity contribution in [3.05, 3.63) is 68.8 Å². The highest BCUT2D eigenvalue weighted by Crippen LogP contribution is 2.47. The van der Waals surface area contributed by atoms with Crippen molar-refractivity contribution in [1.82, 2.24) is 4.98 Å². The average molecular weight is 340 g/mol. The first-order valence-electron chi connectivity index (χ1n) is 6.89. The number of halogens is 1. The Morgan fingerprint density at radius 2 is 2.22 bits per heavy atom. The summed E-state index contributed by atoms with van der Waals surface area (Å²) in [5, 5.41) is 12.9. The van der Waals surface area contributed by atoms with Crippen LogP contribution in [-0.4, -0.2) is 4.98 Å². The number of benzene rings is 1. The summed E-state index contributed by atoms with van der Waals surface area (Å²) in [5.41, 5.74) is 7.87. The number of nitriles is 1. The standard InChI is InChI=1S/C17H10ClN3OS/c18-12-7-10-14(13-4-2-6-23-13)11(8-19)17(20)22-16(10)15-9(12)3-1-5-21-15/h1-7,14H,20H2. The molecule has 1 unspecified atom stereocenters. The van der Waals surface area contributed by atoms with Crippen LogP contribution in [-0.2, 0) is 0 Å². The summed E-state index contributed by atoms with van der Waals surface area (Å²) in [5.74, 6) is 0.403. The van der Waals surface area contributed by atoms with E-state index in [9.17, 15) is 5.26 Å². The minimum Gasteiger partial charge on any atom is -0.438 e. The van der Waals surface area contributed by atoms with Gasteiger partial charge in [-0.25, -0.2) is 0 Å². The Hall–Kier alpha value is -2.55. The van der Waals surface area contributed by atoms with Gasteiger partial charge in [-0.15, -0.1) is 11.3 Å². The summed E-state index contributed by atoms with van der Waals surface area (Å²) in [6.07, 6.45) is 1.68. The maximum atomic E-state index is 9.53. The molecule has 4 rings (SSSR count). The van der Waals surface area contributed by atoms with Crippen LogP contribution >= 0.6 is 22.9 Å². The largest absolute Gasteiger partial charge is 0.438 e. The maximum absolute atomic E-state index is 9.53. The van der Waals surface area contributed by atoms with Gasteiger partial charge in [-0.05, 0) is 29.6 Å². The van der Waals surface area contributed by atoms with Crippen molar-refractivity contribution >= 4 is 33.8 Å². The first kappa shape index (κ1) is 14.1. The number of allylic oxidation sites excluding steroid dienone is 1. The average Bonchev–Trinajstić information content (AvgIpc) is 3.09. The lowest BCUT2D eigenvalue weighted by Gasteiger charge is -2.26. The van der Waals surface area contributed by atoms with Gasteiger partial charge in [0.2, 0.25) is 5.88 Å². The van der Waals surface area contributed by atoms with Crippen LogP contribution in [0.15, 0.2) is 53.4 Å². The highest BCUT2D eigenvalue weighted by Gasteiger charge is 2.33. The van der Waals surface area contributed by atoms with Crippen LogP contribution in [0.2, 0.25) is 5.02 Å². The predicted molar refractivity (Wildman–Crippen MR) is 90.4 cm³/mol. The molecule has 0 saturated carbocycles. The second-order valence-corrected chi connectivity index (χ2v) is 6.50. The van der Waals surface area contributed by atoms with Gasteiger partial charge >= 0.3 is 0 Å². The number of fused-ring (bicyclic) bond motifs is 3. The van der Waals surface area contributed by atoms with Crippen molar-refractivity contribution in [2.45, 2.75) is 5.92 Å². The normalized spacial score (nSPS) is 16.8. The molecule has 1 atom stereocenters. The number of hydrogen-bond donors (Lipinski definition) is 1. The van der Waals surface area contributed by atoms with Gasteiger partial charge in [0.15, 0.2) is 5.75 Å². The summed E-state index contributed by atoms with van der Waals surface area (Å²) in [7, 11) is 0. The molecule has 23 heavy (non-hydrogen) atoms. The molecule has 1 aromatic carbocycles. The zero-order chi connectivity index (χ0) is 16.0. The van der Waals surface area contributed by atoms with Crippen LogP contribution in [0.25, 0.3) is 10.9 Å². The highest BCUT2D eigenvalue weighted by atomic mass is 35.5. The third-order valence-electron chi connectivity index (χ3n) is 3.85. The summed E-state index contributed by atoms with van der Waals surface area (Å²) >= 11 is 7.99. The molecule has 0 aliphatic carbocycles. The Morgan fingerprint density at radius 1 is 1.35 bits per heavy atom. The lowest BCUT2D eigenvalue weighted by Crippen LogP contribution is -2.21. The third kappa shape index (κ3) is 2.07. The fourth-order valence-corrected chi connectivity index (χ4v) is 3.97. The number of rotatable bonds is 1. The molecule has 0 spiro atoms. The molecule has 0 amide bonds. The van der Waals surface area contributed by atoms with Crippen LogP contribution in [0.5, 0.6) is 5.75 Å². The van der Waals surface area contributed by atoms with Gasteiger partial charge in [-0.3, -0.25) is 4.98 Å². The van der Waals surface area contributed by atoms with Crippen molar-refractivity contribution < 1.29 is 4.74 Å². The molecule has 112 valence electrons. The summed E-state index contributed by atoms with van der Waals surface area (Å²) in [6.45, 7) is 0. The predicted octanol–water partition coefficient (Wildman–Crippen LogP) is 4.17. The van der Waals surface area contributed by atoms with E-state index in [1.165, 1.54) is 0 Å². The fraction of sp³-hybridized carbons (Fsp3) is 0.0588. The van der Waals surface area contributed by atoms with Crippen LogP contribution in [0.3, 0.4) is 0 Å². The summed E-state index contributed by atoms with van der Waals surface area (Å²) in [6, 6.07) is 11.6. The minimum atomic E-state index is -0.285. The summed E-state index contributed by atoms with van der Waals surface area (Å²) in [4.78, 5) is 5.40. The molecule has 6 heteroatoms. The highest BCUT2D eigenvalue weighted by molar-refractivity contribution is 7.10. The molecule has 4 nitrogen and oxygen atoms in total. The monoisotopic (exact) mass is 339 g/mol. The zero-order valence-corrected chi connectivity index (χ0v) is 13.4. The molecule has 2 aromatic heterocycles. The van der Waals surface area contributed by atoms with Gasteiger partial charge < -0.3 is 10.5 Å². The van der Waals surface area contributed by atoms with Gasteiger partial charge in [-0.2, -0.15) is 5.26 Å². The molecule has 1 aliphatic heterocycles. The molecule has 3 heterocycles. The number of nitrogens with two attached hydrogens (primary N) is 1. The zero-order valence-electron chi connectivity index (χ0n) is 11.8. The van der Waals surface area contributed by atoms with E-state index < -0.39 is 0 Å². The quantitative estimate of drug-likeness (QED) is 0.722. The van der Waals surface area contributed by atoms with Crippen LogP contribution in [0.1, 0.15) is 16.4 Å². The molecular formula is C17H10ClN3OS. The number of ether oxygens (including phenoxy) is 1. The van der Waals surface area contributed by atoms with E-state index in [0.717, 1.165) is 15.8 Å². The topological polar surface area (TPSA) is 71.9 Å². The van der Waals surface area contributed by atoms with Crippen molar-refractivity contribution in [2.24, 2.45) is 5.73 Å². The van der Waals surface area contributed by atoms with Gasteiger partial charge in [-0.1, -0.05) is 17.7 Å². The van der Waals surface area contributed by atoms with E-state index in [4.69, 9.17) is 22.1 Å². The maximum Gasteiger partial charge on any atom is 0.205 e. The molecule has 1 aliphatic rings. The third-order valence-corrected chi connectivity index (χ3v) is 5.10. The van der Waals surface area contributed by atoms with Crippen molar-refractivity contribution in [3.8, 4) is 11.8 Å². The number of thiophene rings is 1. The van der Waals surface area contributed by atoms with Crippen LogP contribution < -0.4 is 10.5 Å². The first-order chi connectivity index (χ1) is 11.2. The smallest absolute Gasteiger partial charge is 0.205 e. The van der Waals surface area contributed by atoms with Crippen molar-refractivity contribution in [2.75, 3.05) is 0 Å². The molecule has 0 radical (unpaired) electrons. The van der Waals surface area contributed by atoms with E-state index in [2.05, 4.69) is 11.1 Å². The second kappa shape index (κ2) is 5.27. The molecular weight excluding hydrogens is 330 g/mol. The van der Waals surface area contributed by atoms with Crippen molar-refractivity contribution in [1.29, 1.82) is 5.26 Å².